The fraction of sp³-hybridized carbons (Fsp3) is 0.188. The number of carbonyl (C=O) groups excluding carboxylic acids is 1. The van der Waals surface area contributed by atoms with Crippen LogP contribution in [0, 0.1) is 13.8 Å². The first-order valence-electron chi connectivity index (χ1n) is 7.01. The van der Waals surface area contributed by atoms with Crippen LogP contribution in [0.15, 0.2) is 46.2 Å². The number of aromatic carboxylic acids is 1. The van der Waals surface area contributed by atoms with Crippen LogP contribution in [0.3, 0.4) is 0 Å². The van der Waals surface area contributed by atoms with Crippen LogP contribution in [0.5, 0.6) is 0 Å². The van der Waals surface area contributed by atoms with Gasteiger partial charge in [-0.25, -0.2) is 8.42 Å². The molecule has 0 atom stereocenters. The third-order valence-corrected chi connectivity index (χ3v) is 5.77. The van der Waals surface area contributed by atoms with E-state index in [1.165, 1.54) is 37.3 Å². The SMILES string of the molecule is Cc1cc(C(=O)[O-])cc(S(=O)(=O)Nc2ccccc2SC(F)F)c1C. The fourth-order valence-electron chi connectivity index (χ4n) is 2.17. The van der Waals surface area contributed by atoms with Gasteiger partial charge < -0.3 is 9.90 Å². The molecule has 0 fully saturated rings. The number of hydrogen-bond acceptors (Lipinski definition) is 5. The van der Waals surface area contributed by atoms with E-state index in [1.54, 1.807) is 6.92 Å². The zero-order valence-electron chi connectivity index (χ0n) is 13.2. The molecular weight excluding hydrogens is 372 g/mol. The van der Waals surface area contributed by atoms with E-state index in [0.717, 1.165) is 6.07 Å². The number of carbonyl (C=O) groups is 1. The highest BCUT2D eigenvalue weighted by Crippen LogP contribution is 2.33. The molecule has 0 radical (unpaired) electrons. The summed E-state index contributed by atoms with van der Waals surface area (Å²) in [6.07, 6.45) is 0. The van der Waals surface area contributed by atoms with E-state index in [0.29, 0.717) is 11.1 Å². The normalized spacial score (nSPS) is 11.6. The molecular formula is C16H14F2NO4S2-. The van der Waals surface area contributed by atoms with Gasteiger partial charge in [-0.15, -0.1) is 0 Å². The maximum absolute atomic E-state index is 12.7. The van der Waals surface area contributed by atoms with Crippen LogP contribution in [0.4, 0.5) is 14.5 Å². The van der Waals surface area contributed by atoms with Crippen molar-refractivity contribution in [1.82, 2.24) is 0 Å². The van der Waals surface area contributed by atoms with Gasteiger partial charge in [-0.05, 0) is 54.8 Å². The second kappa shape index (κ2) is 7.40. The van der Waals surface area contributed by atoms with Gasteiger partial charge in [0.25, 0.3) is 15.8 Å². The molecule has 0 amide bonds. The number of hydrogen-bond donors (Lipinski definition) is 1. The Morgan fingerprint density at radius 2 is 1.84 bits per heavy atom. The van der Waals surface area contributed by atoms with Crippen LogP contribution >= 0.6 is 11.8 Å². The Morgan fingerprint density at radius 1 is 1.20 bits per heavy atom. The van der Waals surface area contributed by atoms with Crippen LogP contribution in [0.25, 0.3) is 0 Å². The third kappa shape index (κ3) is 4.49. The summed E-state index contributed by atoms with van der Waals surface area (Å²) in [5.41, 5.74) is 0.524. The number of thioether (sulfide) groups is 1. The number of para-hydroxylation sites is 1. The van der Waals surface area contributed by atoms with Gasteiger partial charge in [-0.2, -0.15) is 8.78 Å². The van der Waals surface area contributed by atoms with Crippen molar-refractivity contribution in [2.75, 3.05) is 4.72 Å². The van der Waals surface area contributed by atoms with Gasteiger partial charge in [0.05, 0.1) is 16.6 Å². The summed E-state index contributed by atoms with van der Waals surface area (Å²) in [6, 6.07) is 8.03. The predicted octanol–water partition coefficient (Wildman–Crippen LogP) is 2.78. The van der Waals surface area contributed by atoms with Gasteiger partial charge in [0.2, 0.25) is 0 Å². The Balaban J connectivity index is 2.49. The standard InChI is InChI=1S/C16H15F2NO4S2/c1-9-7-11(15(20)21)8-14(10(9)2)25(22,23)19-12-5-3-4-6-13(12)24-16(17)18/h3-8,16,19H,1-2H3,(H,20,21)/p-1. The van der Waals surface area contributed by atoms with Gasteiger partial charge in [0.15, 0.2) is 0 Å². The predicted molar refractivity (Wildman–Crippen MR) is 89.4 cm³/mol. The molecule has 134 valence electrons. The summed E-state index contributed by atoms with van der Waals surface area (Å²) in [7, 11) is -4.18. The molecule has 25 heavy (non-hydrogen) atoms. The number of nitrogens with one attached hydrogen (secondary N) is 1. The molecule has 0 bridgehead atoms. The average Bonchev–Trinajstić information content (AvgIpc) is 2.50. The van der Waals surface area contributed by atoms with Crippen molar-refractivity contribution in [2.24, 2.45) is 0 Å². The highest BCUT2D eigenvalue weighted by molar-refractivity contribution is 7.99. The highest BCUT2D eigenvalue weighted by Gasteiger charge is 2.21. The van der Waals surface area contributed by atoms with Gasteiger partial charge in [-0.1, -0.05) is 23.9 Å². The first kappa shape index (κ1) is 19.2. The third-order valence-electron chi connectivity index (χ3n) is 3.49. The molecule has 2 rings (SSSR count). The summed E-state index contributed by atoms with van der Waals surface area (Å²) >= 11 is 0.212. The maximum Gasteiger partial charge on any atom is 0.288 e. The molecule has 0 spiro atoms. The second-order valence-electron chi connectivity index (χ2n) is 5.18. The van der Waals surface area contributed by atoms with E-state index in [-0.39, 0.29) is 32.8 Å². The summed E-state index contributed by atoms with van der Waals surface area (Å²) in [5, 5.41) is 11.1. The Bertz CT molecular complexity index is 914. The lowest BCUT2D eigenvalue weighted by molar-refractivity contribution is -0.255. The first-order valence-corrected chi connectivity index (χ1v) is 9.37. The molecule has 0 aromatic heterocycles. The lowest BCUT2D eigenvalue weighted by Crippen LogP contribution is -2.24. The molecule has 5 nitrogen and oxygen atoms in total. The summed E-state index contributed by atoms with van der Waals surface area (Å²) in [5.74, 6) is -4.22. The zero-order valence-corrected chi connectivity index (χ0v) is 14.9. The Kier molecular flexibility index (Phi) is 5.69. The summed E-state index contributed by atoms with van der Waals surface area (Å²) < 4.78 is 52.8. The lowest BCUT2D eigenvalue weighted by Gasteiger charge is -2.16. The van der Waals surface area contributed by atoms with E-state index in [1.807, 2.05) is 0 Å². The van der Waals surface area contributed by atoms with Crippen molar-refractivity contribution < 1.29 is 27.1 Å². The fourth-order valence-corrected chi connectivity index (χ4v) is 4.26. The van der Waals surface area contributed by atoms with E-state index < -0.39 is 21.8 Å². The van der Waals surface area contributed by atoms with Gasteiger partial charge >= 0.3 is 0 Å². The van der Waals surface area contributed by atoms with Crippen molar-refractivity contribution in [3.8, 4) is 0 Å². The first-order chi connectivity index (χ1) is 11.6. The number of halogens is 2. The summed E-state index contributed by atoms with van der Waals surface area (Å²) in [6.45, 7) is 3.10. The Morgan fingerprint density at radius 3 is 2.44 bits per heavy atom. The topological polar surface area (TPSA) is 86.3 Å². The minimum Gasteiger partial charge on any atom is -0.545 e. The monoisotopic (exact) mass is 386 g/mol. The number of alkyl halides is 2. The van der Waals surface area contributed by atoms with Crippen molar-refractivity contribution in [1.29, 1.82) is 0 Å². The molecule has 0 saturated heterocycles. The molecule has 2 aromatic carbocycles. The Hall–Kier alpha value is -2.13. The number of anilines is 1. The second-order valence-corrected chi connectivity index (χ2v) is 7.87. The number of benzene rings is 2. The number of carboxylic acid groups (broad SMARTS) is 1. The van der Waals surface area contributed by atoms with Gasteiger partial charge in [-0.3, -0.25) is 4.72 Å². The molecule has 1 N–H and O–H groups in total. The van der Waals surface area contributed by atoms with E-state index in [2.05, 4.69) is 4.72 Å². The molecule has 0 aliphatic rings. The smallest absolute Gasteiger partial charge is 0.288 e. The van der Waals surface area contributed by atoms with E-state index >= 15 is 0 Å². The number of aryl methyl sites for hydroxylation is 1. The number of rotatable bonds is 6. The van der Waals surface area contributed by atoms with Gasteiger partial charge in [0, 0.05) is 4.90 Å². The molecule has 2 aromatic rings. The van der Waals surface area contributed by atoms with Crippen LogP contribution in [0.2, 0.25) is 0 Å². The quantitative estimate of drug-likeness (QED) is 0.772. The van der Waals surface area contributed by atoms with Crippen molar-refractivity contribution in [2.45, 2.75) is 29.4 Å². The van der Waals surface area contributed by atoms with Crippen molar-refractivity contribution >= 4 is 33.4 Å². The zero-order chi connectivity index (χ0) is 18.8. The largest absolute Gasteiger partial charge is 0.545 e. The lowest BCUT2D eigenvalue weighted by atomic mass is 10.1. The number of sulfonamides is 1. The van der Waals surface area contributed by atoms with Crippen LogP contribution in [-0.4, -0.2) is 20.1 Å². The molecule has 0 aliphatic carbocycles. The average molecular weight is 386 g/mol. The number of carboxylic acids is 1. The summed E-state index contributed by atoms with van der Waals surface area (Å²) in [4.78, 5) is 10.9. The van der Waals surface area contributed by atoms with E-state index in [4.69, 9.17) is 0 Å². The van der Waals surface area contributed by atoms with Crippen molar-refractivity contribution in [3.05, 3.63) is 53.1 Å². The van der Waals surface area contributed by atoms with Crippen LogP contribution < -0.4 is 9.83 Å². The minimum absolute atomic E-state index is 0.0105. The molecule has 0 heterocycles. The molecule has 0 unspecified atom stereocenters. The molecule has 0 saturated carbocycles. The van der Waals surface area contributed by atoms with Crippen LogP contribution in [-0.2, 0) is 10.0 Å². The van der Waals surface area contributed by atoms with E-state index in [9.17, 15) is 27.1 Å². The van der Waals surface area contributed by atoms with Crippen LogP contribution in [0.1, 0.15) is 21.5 Å². The van der Waals surface area contributed by atoms with Crippen molar-refractivity contribution in [3.63, 3.8) is 0 Å². The highest BCUT2D eigenvalue weighted by atomic mass is 32.2. The molecule has 9 heteroatoms. The minimum atomic E-state index is -4.18. The molecule has 0 aliphatic heterocycles. The van der Waals surface area contributed by atoms with Gasteiger partial charge in [0.1, 0.15) is 0 Å². The maximum atomic E-state index is 12.7. The Labute approximate surface area is 148 Å².